The first kappa shape index (κ1) is 25.4. The molecular weight excluding hydrogens is 410 g/mol. The molecule has 0 radical (unpaired) electrons. The molecule has 1 aromatic rings. The summed E-state index contributed by atoms with van der Waals surface area (Å²) in [5.74, 6) is -0.425. The van der Waals surface area contributed by atoms with E-state index in [1.54, 1.807) is 6.92 Å². The van der Waals surface area contributed by atoms with Gasteiger partial charge in [0.1, 0.15) is 17.7 Å². The van der Waals surface area contributed by atoms with Gasteiger partial charge >= 0.3 is 12.1 Å². The fourth-order valence-corrected chi connectivity index (χ4v) is 4.36. The average Bonchev–Trinajstić information content (AvgIpc) is 2.60. The molecule has 174 valence electrons. The molecule has 6 nitrogen and oxygen atoms in total. The van der Waals surface area contributed by atoms with E-state index in [0.717, 1.165) is 5.56 Å². The zero-order chi connectivity index (χ0) is 23.7. The predicted octanol–water partition coefficient (Wildman–Crippen LogP) is 5.52. The van der Waals surface area contributed by atoms with Crippen LogP contribution in [-0.2, 0) is 25.3 Å². The van der Waals surface area contributed by atoms with Crippen molar-refractivity contribution in [3.05, 3.63) is 35.9 Å². The summed E-state index contributed by atoms with van der Waals surface area (Å²) in [4.78, 5) is 27.5. The van der Waals surface area contributed by atoms with Gasteiger partial charge in [-0.1, -0.05) is 51.1 Å². The molecule has 1 aliphatic heterocycles. The molecule has 1 saturated heterocycles. The van der Waals surface area contributed by atoms with Gasteiger partial charge < -0.3 is 13.9 Å². The fraction of sp³-hybridized carbons (Fsp3) is 0.667. The van der Waals surface area contributed by atoms with Crippen molar-refractivity contribution in [2.24, 2.45) is 0 Å². The van der Waals surface area contributed by atoms with E-state index >= 15 is 0 Å². The molecule has 0 aliphatic carbocycles. The van der Waals surface area contributed by atoms with Gasteiger partial charge in [0.25, 0.3) is 0 Å². The first-order valence-electron chi connectivity index (χ1n) is 10.9. The molecule has 2 atom stereocenters. The van der Waals surface area contributed by atoms with Crippen LogP contribution >= 0.6 is 0 Å². The highest BCUT2D eigenvalue weighted by molar-refractivity contribution is 6.74. The molecule has 0 unspecified atom stereocenters. The second-order valence-electron chi connectivity index (χ2n) is 11.1. The van der Waals surface area contributed by atoms with Crippen LogP contribution in [0.3, 0.4) is 0 Å². The molecule has 0 aromatic heterocycles. The standard InChI is InChI=1S/C24H39NO5Si/c1-22(2,3)30-21(27)25-19(17-29-31(8,9)23(4,5)6)15-24(25,7)20(26)28-16-18-13-11-10-12-14-18/h10-14,19H,15-17H2,1-9H3/t19-,24-/m0/s1. The summed E-state index contributed by atoms with van der Waals surface area (Å²) in [5.41, 5.74) is -0.828. The molecule has 1 amide bonds. The Balaban J connectivity index is 2.14. The van der Waals surface area contributed by atoms with E-state index < -0.39 is 31.5 Å². The molecular formula is C24H39NO5Si. The molecule has 0 N–H and O–H groups in total. The maximum Gasteiger partial charge on any atom is 0.411 e. The molecule has 31 heavy (non-hydrogen) atoms. The Morgan fingerprint density at radius 1 is 1.10 bits per heavy atom. The van der Waals surface area contributed by atoms with Crippen LogP contribution in [0.2, 0.25) is 18.1 Å². The van der Waals surface area contributed by atoms with Crippen LogP contribution in [0, 0.1) is 0 Å². The number of esters is 1. The minimum absolute atomic E-state index is 0.0609. The van der Waals surface area contributed by atoms with E-state index in [4.69, 9.17) is 13.9 Å². The normalized spacial score (nSPS) is 22.0. The van der Waals surface area contributed by atoms with Crippen molar-refractivity contribution < 1.29 is 23.5 Å². The van der Waals surface area contributed by atoms with Crippen molar-refractivity contribution in [3.63, 3.8) is 0 Å². The van der Waals surface area contributed by atoms with Gasteiger partial charge in [0.15, 0.2) is 8.32 Å². The van der Waals surface area contributed by atoms with Gasteiger partial charge in [0, 0.05) is 6.42 Å². The van der Waals surface area contributed by atoms with Crippen molar-refractivity contribution in [1.29, 1.82) is 0 Å². The number of carbonyl (C=O) groups excluding carboxylic acids is 2. The molecule has 1 aromatic carbocycles. The topological polar surface area (TPSA) is 65.1 Å². The van der Waals surface area contributed by atoms with Crippen LogP contribution in [-0.4, -0.2) is 49.1 Å². The number of hydrogen-bond donors (Lipinski definition) is 0. The minimum Gasteiger partial charge on any atom is -0.459 e. The maximum atomic E-state index is 13.0. The monoisotopic (exact) mass is 449 g/mol. The highest BCUT2D eigenvalue weighted by atomic mass is 28.4. The summed E-state index contributed by atoms with van der Waals surface area (Å²) in [6.07, 6.45) is -0.0316. The van der Waals surface area contributed by atoms with Crippen LogP contribution in [0.4, 0.5) is 4.79 Å². The average molecular weight is 450 g/mol. The Morgan fingerprint density at radius 2 is 1.68 bits per heavy atom. The van der Waals surface area contributed by atoms with Crippen LogP contribution in [0.5, 0.6) is 0 Å². The lowest BCUT2D eigenvalue weighted by Gasteiger charge is -2.54. The Morgan fingerprint density at radius 3 is 2.19 bits per heavy atom. The summed E-state index contributed by atoms with van der Waals surface area (Å²) in [7, 11) is -1.99. The van der Waals surface area contributed by atoms with E-state index in [1.807, 2.05) is 51.1 Å². The first-order valence-corrected chi connectivity index (χ1v) is 13.9. The zero-order valence-corrected chi connectivity index (χ0v) is 21.6. The van der Waals surface area contributed by atoms with E-state index in [-0.39, 0.29) is 17.7 Å². The van der Waals surface area contributed by atoms with Crippen LogP contribution in [0.25, 0.3) is 0 Å². The van der Waals surface area contributed by atoms with E-state index in [2.05, 4.69) is 33.9 Å². The third kappa shape index (κ3) is 6.10. The Kier molecular flexibility index (Phi) is 7.33. The van der Waals surface area contributed by atoms with E-state index in [0.29, 0.717) is 13.0 Å². The van der Waals surface area contributed by atoms with Gasteiger partial charge in [0.2, 0.25) is 0 Å². The molecule has 0 bridgehead atoms. The second kappa shape index (κ2) is 8.94. The lowest BCUT2D eigenvalue weighted by atomic mass is 9.80. The van der Waals surface area contributed by atoms with Gasteiger partial charge in [0.05, 0.1) is 12.6 Å². The Bertz CT molecular complexity index is 781. The number of benzene rings is 1. The van der Waals surface area contributed by atoms with E-state index in [9.17, 15) is 9.59 Å². The summed E-state index contributed by atoms with van der Waals surface area (Å²) in [6.45, 7) is 18.6. The number of rotatable bonds is 6. The number of hydrogen-bond acceptors (Lipinski definition) is 5. The van der Waals surface area contributed by atoms with Gasteiger partial charge in [-0.05, 0) is 51.4 Å². The number of ether oxygens (including phenoxy) is 2. The number of likely N-dealkylation sites (tertiary alicyclic amines) is 1. The number of nitrogens with zero attached hydrogens (tertiary/aromatic N) is 1. The molecule has 0 spiro atoms. The van der Waals surface area contributed by atoms with Crippen molar-refractivity contribution in [2.45, 2.75) is 96.8 Å². The van der Waals surface area contributed by atoms with Crippen molar-refractivity contribution in [2.75, 3.05) is 6.61 Å². The van der Waals surface area contributed by atoms with E-state index in [1.165, 1.54) is 4.90 Å². The van der Waals surface area contributed by atoms with Crippen molar-refractivity contribution in [3.8, 4) is 0 Å². The highest BCUT2D eigenvalue weighted by Gasteiger charge is 2.58. The Hall–Kier alpha value is -1.86. The van der Waals surface area contributed by atoms with Gasteiger partial charge in [-0.15, -0.1) is 0 Å². The lowest BCUT2D eigenvalue weighted by molar-refractivity contribution is -0.174. The molecule has 1 fully saturated rings. The highest BCUT2D eigenvalue weighted by Crippen LogP contribution is 2.42. The molecule has 7 heteroatoms. The SMILES string of the molecule is CC(C)(C)OC(=O)N1[C@H](CO[Si](C)(C)C(C)(C)C)C[C@@]1(C)C(=O)OCc1ccccc1. The van der Waals surface area contributed by atoms with Crippen molar-refractivity contribution in [1.82, 2.24) is 4.90 Å². The van der Waals surface area contributed by atoms with Crippen LogP contribution in [0.1, 0.15) is 60.5 Å². The van der Waals surface area contributed by atoms with Crippen LogP contribution < -0.4 is 0 Å². The van der Waals surface area contributed by atoms with Gasteiger partial charge in [-0.2, -0.15) is 0 Å². The molecule has 1 heterocycles. The van der Waals surface area contributed by atoms with Gasteiger partial charge in [-0.3, -0.25) is 4.90 Å². The Labute approximate surface area is 188 Å². The summed E-state index contributed by atoms with van der Waals surface area (Å²) in [6, 6.07) is 9.29. The summed E-state index contributed by atoms with van der Waals surface area (Å²) >= 11 is 0. The second-order valence-corrected chi connectivity index (χ2v) is 15.9. The summed E-state index contributed by atoms with van der Waals surface area (Å²) < 4.78 is 17.5. The smallest absolute Gasteiger partial charge is 0.411 e. The number of carbonyl (C=O) groups is 2. The summed E-state index contributed by atoms with van der Waals surface area (Å²) in [5, 5.41) is 0.0609. The zero-order valence-electron chi connectivity index (χ0n) is 20.6. The third-order valence-electron chi connectivity index (χ3n) is 6.22. The van der Waals surface area contributed by atoms with Gasteiger partial charge in [-0.25, -0.2) is 9.59 Å². The third-order valence-corrected chi connectivity index (χ3v) is 10.7. The largest absolute Gasteiger partial charge is 0.459 e. The molecule has 2 rings (SSSR count). The van der Waals surface area contributed by atoms with Crippen LogP contribution in [0.15, 0.2) is 30.3 Å². The molecule has 0 saturated carbocycles. The quantitative estimate of drug-likeness (QED) is 0.423. The minimum atomic E-state index is -1.99. The maximum absolute atomic E-state index is 13.0. The number of amides is 1. The predicted molar refractivity (Wildman–Crippen MR) is 124 cm³/mol. The first-order chi connectivity index (χ1) is 14.1. The molecule has 1 aliphatic rings. The lowest BCUT2D eigenvalue weighted by Crippen LogP contribution is -2.72. The fourth-order valence-electron chi connectivity index (χ4n) is 3.32. The van der Waals surface area contributed by atoms with Crippen molar-refractivity contribution >= 4 is 20.4 Å².